The Labute approximate surface area is 176 Å². The van der Waals surface area contributed by atoms with Crippen LogP contribution in [0.25, 0.3) is 5.69 Å². The Hall–Kier alpha value is -2.90. The second kappa shape index (κ2) is 8.23. The number of likely N-dealkylation sites (tertiary alicyclic amines) is 1. The van der Waals surface area contributed by atoms with Gasteiger partial charge in [-0.05, 0) is 42.8 Å². The van der Waals surface area contributed by atoms with Crippen LogP contribution in [-0.4, -0.2) is 44.7 Å². The molecule has 1 fully saturated rings. The highest BCUT2D eigenvalue weighted by atomic mass is 35.5. The van der Waals surface area contributed by atoms with Crippen LogP contribution in [0.3, 0.4) is 0 Å². The number of pyridine rings is 1. The first kappa shape index (κ1) is 19.4. The summed E-state index contributed by atoms with van der Waals surface area (Å²) in [6.07, 6.45) is 3.84. The topological polar surface area (TPSA) is 80.1 Å². The van der Waals surface area contributed by atoms with Crippen LogP contribution in [0, 0.1) is 0 Å². The Morgan fingerprint density at radius 3 is 2.66 bits per heavy atom. The molecular formula is C20H17Cl2N5O2. The van der Waals surface area contributed by atoms with Crippen molar-refractivity contribution in [3.05, 3.63) is 81.0 Å². The summed E-state index contributed by atoms with van der Waals surface area (Å²) in [5.41, 5.74) is 0.997. The molecule has 0 radical (unpaired) electrons. The third-order valence-corrected chi connectivity index (χ3v) is 5.33. The van der Waals surface area contributed by atoms with Gasteiger partial charge in [0.15, 0.2) is 0 Å². The molecule has 1 aliphatic rings. The molecule has 1 aliphatic heterocycles. The fourth-order valence-electron chi connectivity index (χ4n) is 3.23. The van der Waals surface area contributed by atoms with Crippen LogP contribution in [0.4, 0.5) is 5.69 Å². The van der Waals surface area contributed by atoms with Crippen molar-refractivity contribution in [1.29, 1.82) is 0 Å². The lowest BCUT2D eigenvalue weighted by molar-refractivity contribution is 0.0786. The predicted molar refractivity (Wildman–Crippen MR) is 112 cm³/mol. The summed E-state index contributed by atoms with van der Waals surface area (Å²) in [5, 5.41) is 8.05. The number of carbonyl (C=O) groups excluding carboxylic acids is 1. The summed E-state index contributed by atoms with van der Waals surface area (Å²) in [5.74, 6) is -0.114. The minimum atomic E-state index is -0.432. The second-order valence-electron chi connectivity index (χ2n) is 6.66. The van der Waals surface area contributed by atoms with Gasteiger partial charge in [0.1, 0.15) is 10.7 Å². The Balaban J connectivity index is 1.48. The highest BCUT2D eigenvalue weighted by molar-refractivity contribution is 6.33. The number of nitrogens with zero attached hydrogens (tertiary/aromatic N) is 4. The van der Waals surface area contributed by atoms with Crippen molar-refractivity contribution in [2.75, 3.05) is 18.4 Å². The Morgan fingerprint density at radius 1 is 1.14 bits per heavy atom. The van der Waals surface area contributed by atoms with Crippen molar-refractivity contribution < 1.29 is 4.79 Å². The van der Waals surface area contributed by atoms with Gasteiger partial charge in [0, 0.05) is 30.4 Å². The van der Waals surface area contributed by atoms with Gasteiger partial charge in [0.05, 0.1) is 17.6 Å². The molecule has 1 saturated heterocycles. The van der Waals surface area contributed by atoms with E-state index in [1.54, 1.807) is 53.6 Å². The van der Waals surface area contributed by atoms with Crippen LogP contribution in [0.15, 0.2) is 59.7 Å². The number of amides is 1. The van der Waals surface area contributed by atoms with E-state index >= 15 is 0 Å². The lowest BCUT2D eigenvalue weighted by Gasteiger charge is -2.18. The van der Waals surface area contributed by atoms with Gasteiger partial charge in [-0.1, -0.05) is 29.3 Å². The lowest BCUT2D eigenvalue weighted by Crippen LogP contribution is -2.32. The quantitative estimate of drug-likeness (QED) is 0.688. The molecular weight excluding hydrogens is 413 g/mol. The molecule has 1 aromatic carbocycles. The third-order valence-electron chi connectivity index (χ3n) is 4.71. The molecule has 4 rings (SSSR count). The number of hydrogen-bond acceptors (Lipinski definition) is 5. The summed E-state index contributed by atoms with van der Waals surface area (Å²) in [4.78, 5) is 31.0. The minimum Gasteiger partial charge on any atom is -0.378 e. The van der Waals surface area contributed by atoms with Crippen molar-refractivity contribution in [2.45, 2.75) is 12.5 Å². The highest BCUT2D eigenvalue weighted by Crippen LogP contribution is 2.22. The first-order valence-corrected chi connectivity index (χ1v) is 9.79. The fraction of sp³-hybridized carbons (Fsp3) is 0.200. The Bertz CT molecular complexity index is 1090. The van der Waals surface area contributed by atoms with E-state index in [0.717, 1.165) is 6.42 Å². The number of nitrogens with one attached hydrogen (secondary N) is 1. The smallest absolute Gasteiger partial charge is 0.292 e. The van der Waals surface area contributed by atoms with E-state index in [2.05, 4.69) is 15.4 Å². The van der Waals surface area contributed by atoms with Gasteiger partial charge in [-0.3, -0.25) is 14.6 Å². The molecule has 1 atom stereocenters. The minimum absolute atomic E-state index is 0.0345. The van der Waals surface area contributed by atoms with Crippen molar-refractivity contribution in [3.8, 4) is 5.69 Å². The van der Waals surface area contributed by atoms with Gasteiger partial charge in [-0.15, -0.1) is 0 Å². The number of hydrogen-bond donors (Lipinski definition) is 1. The first-order valence-electron chi connectivity index (χ1n) is 9.03. The van der Waals surface area contributed by atoms with Gasteiger partial charge >= 0.3 is 0 Å². The SMILES string of the molecule is O=C(c1ccccn1)N1CCC(Nc2cnn(-c3ccc(Cl)cc3)c(=O)c2Cl)C1. The lowest BCUT2D eigenvalue weighted by atomic mass is 10.2. The summed E-state index contributed by atoms with van der Waals surface area (Å²) < 4.78 is 1.22. The number of anilines is 1. The van der Waals surface area contributed by atoms with E-state index < -0.39 is 5.56 Å². The molecule has 2 aromatic heterocycles. The molecule has 3 aromatic rings. The average molecular weight is 430 g/mol. The van der Waals surface area contributed by atoms with Crippen LogP contribution in [-0.2, 0) is 0 Å². The maximum Gasteiger partial charge on any atom is 0.292 e. The zero-order valence-corrected chi connectivity index (χ0v) is 16.8. The normalized spacial score (nSPS) is 16.1. The highest BCUT2D eigenvalue weighted by Gasteiger charge is 2.28. The van der Waals surface area contributed by atoms with Gasteiger partial charge in [-0.2, -0.15) is 9.78 Å². The molecule has 9 heteroatoms. The molecule has 0 aliphatic carbocycles. The molecule has 1 unspecified atom stereocenters. The molecule has 0 bridgehead atoms. The maximum absolute atomic E-state index is 12.6. The summed E-state index contributed by atoms with van der Waals surface area (Å²) in [7, 11) is 0. The van der Waals surface area contributed by atoms with Crippen molar-refractivity contribution in [1.82, 2.24) is 19.7 Å². The second-order valence-corrected chi connectivity index (χ2v) is 7.48. The summed E-state index contributed by atoms with van der Waals surface area (Å²) in [6.45, 7) is 1.09. The van der Waals surface area contributed by atoms with Crippen LogP contribution in [0.2, 0.25) is 10.0 Å². The number of benzene rings is 1. The summed E-state index contributed by atoms with van der Waals surface area (Å²) >= 11 is 12.2. The van der Waals surface area contributed by atoms with Crippen LogP contribution >= 0.6 is 23.2 Å². The average Bonchev–Trinajstić information content (AvgIpc) is 3.21. The van der Waals surface area contributed by atoms with Crippen LogP contribution in [0.1, 0.15) is 16.9 Å². The first-order chi connectivity index (χ1) is 14.0. The monoisotopic (exact) mass is 429 g/mol. The number of halogens is 2. The Kier molecular flexibility index (Phi) is 5.51. The fourth-order valence-corrected chi connectivity index (χ4v) is 3.54. The van der Waals surface area contributed by atoms with Crippen molar-refractivity contribution in [2.24, 2.45) is 0 Å². The molecule has 1 amide bonds. The molecule has 3 heterocycles. The van der Waals surface area contributed by atoms with Crippen molar-refractivity contribution >= 4 is 34.8 Å². The molecule has 148 valence electrons. The predicted octanol–water partition coefficient (Wildman–Crippen LogP) is 3.26. The summed E-state index contributed by atoms with van der Waals surface area (Å²) in [6, 6.07) is 12.0. The zero-order valence-electron chi connectivity index (χ0n) is 15.3. The van der Waals surface area contributed by atoms with Gasteiger partial charge < -0.3 is 10.2 Å². The van der Waals surface area contributed by atoms with E-state index in [4.69, 9.17) is 23.2 Å². The van der Waals surface area contributed by atoms with E-state index in [9.17, 15) is 9.59 Å². The number of aromatic nitrogens is 3. The zero-order chi connectivity index (χ0) is 20.4. The van der Waals surface area contributed by atoms with E-state index in [1.165, 1.54) is 10.9 Å². The van der Waals surface area contributed by atoms with Gasteiger partial charge in [-0.25, -0.2) is 0 Å². The van der Waals surface area contributed by atoms with Crippen molar-refractivity contribution in [3.63, 3.8) is 0 Å². The standard InChI is InChI=1S/C20H17Cl2N5O2/c21-13-4-6-15(7-5-13)27-20(29)18(22)17(11-24-27)25-14-8-10-26(12-14)19(28)16-3-1-2-9-23-16/h1-7,9,11,14,25H,8,10,12H2. The van der Waals surface area contributed by atoms with E-state index in [-0.39, 0.29) is 17.0 Å². The molecule has 29 heavy (non-hydrogen) atoms. The molecule has 7 nitrogen and oxygen atoms in total. The number of carbonyl (C=O) groups is 1. The Morgan fingerprint density at radius 2 is 1.93 bits per heavy atom. The molecule has 0 spiro atoms. The third kappa shape index (κ3) is 4.11. The maximum atomic E-state index is 12.6. The van der Waals surface area contributed by atoms with E-state index in [0.29, 0.717) is 35.2 Å². The molecule has 1 N–H and O–H groups in total. The largest absolute Gasteiger partial charge is 0.378 e. The van der Waals surface area contributed by atoms with Gasteiger partial charge in [0.25, 0.3) is 11.5 Å². The number of rotatable bonds is 4. The van der Waals surface area contributed by atoms with Crippen LogP contribution < -0.4 is 10.9 Å². The van der Waals surface area contributed by atoms with Crippen LogP contribution in [0.5, 0.6) is 0 Å². The van der Waals surface area contributed by atoms with E-state index in [1.807, 2.05) is 0 Å². The molecule has 0 saturated carbocycles. The van der Waals surface area contributed by atoms with Gasteiger partial charge in [0.2, 0.25) is 0 Å².